The molecule has 4 amide bonds. The normalized spacial score (nSPS) is 11.1. The number of urea groups is 1. The molecule has 0 aromatic heterocycles. The number of benzene rings is 2. The van der Waals surface area contributed by atoms with Gasteiger partial charge in [0.05, 0.1) is 0 Å². The molecule has 0 saturated carbocycles. The Bertz CT molecular complexity index is 753. The van der Waals surface area contributed by atoms with Crippen LogP contribution in [0, 0.1) is 0 Å². The molecule has 0 heterocycles. The minimum absolute atomic E-state index is 0.0638. The van der Waals surface area contributed by atoms with E-state index in [-0.39, 0.29) is 19.7 Å². The lowest BCUT2D eigenvalue weighted by Gasteiger charge is -2.18. The summed E-state index contributed by atoms with van der Waals surface area (Å²) in [5.74, 6) is -0.468. The van der Waals surface area contributed by atoms with Gasteiger partial charge >= 0.3 is 12.1 Å². The molecule has 0 aliphatic rings. The van der Waals surface area contributed by atoms with Gasteiger partial charge in [-0.3, -0.25) is 4.79 Å². The predicted molar refractivity (Wildman–Crippen MR) is 99.4 cm³/mol. The molecule has 0 bridgehead atoms. The SMILES string of the molecule is NC(=O)NC[C@H](NC(=O)OCc1ccccc1)C(=O)NCc1ccccc1. The summed E-state index contributed by atoms with van der Waals surface area (Å²) in [6.45, 7) is 0.193. The van der Waals surface area contributed by atoms with E-state index in [1.807, 2.05) is 60.7 Å². The topological polar surface area (TPSA) is 123 Å². The van der Waals surface area contributed by atoms with Gasteiger partial charge in [-0.2, -0.15) is 0 Å². The highest BCUT2D eigenvalue weighted by Gasteiger charge is 2.21. The van der Waals surface area contributed by atoms with Gasteiger partial charge in [0.2, 0.25) is 5.91 Å². The van der Waals surface area contributed by atoms with E-state index in [1.54, 1.807) is 0 Å². The van der Waals surface area contributed by atoms with Gasteiger partial charge in [-0.15, -0.1) is 0 Å². The molecule has 142 valence electrons. The molecule has 2 rings (SSSR count). The smallest absolute Gasteiger partial charge is 0.408 e. The first-order chi connectivity index (χ1) is 13.0. The van der Waals surface area contributed by atoms with Crippen molar-refractivity contribution >= 4 is 18.0 Å². The Labute approximate surface area is 157 Å². The molecule has 5 N–H and O–H groups in total. The first-order valence-electron chi connectivity index (χ1n) is 8.37. The summed E-state index contributed by atoms with van der Waals surface area (Å²) in [6.07, 6.45) is -0.773. The van der Waals surface area contributed by atoms with E-state index in [0.29, 0.717) is 0 Å². The van der Waals surface area contributed by atoms with E-state index in [9.17, 15) is 14.4 Å². The summed E-state index contributed by atoms with van der Waals surface area (Å²) in [6, 6.07) is 16.6. The lowest BCUT2D eigenvalue weighted by molar-refractivity contribution is -0.123. The molecule has 8 nitrogen and oxygen atoms in total. The largest absolute Gasteiger partial charge is 0.445 e. The number of alkyl carbamates (subject to hydrolysis) is 1. The second-order valence-corrected chi connectivity index (χ2v) is 5.71. The number of hydrogen-bond acceptors (Lipinski definition) is 4. The molecular weight excluding hydrogens is 348 g/mol. The van der Waals surface area contributed by atoms with Crippen LogP contribution in [0.4, 0.5) is 9.59 Å². The highest BCUT2D eigenvalue weighted by atomic mass is 16.5. The van der Waals surface area contributed by atoms with Gasteiger partial charge in [0.15, 0.2) is 0 Å². The number of carbonyl (C=O) groups is 3. The molecule has 1 atom stereocenters. The van der Waals surface area contributed by atoms with Crippen LogP contribution in [-0.2, 0) is 22.7 Å². The van der Waals surface area contributed by atoms with Crippen molar-refractivity contribution in [1.82, 2.24) is 16.0 Å². The van der Waals surface area contributed by atoms with E-state index in [0.717, 1.165) is 11.1 Å². The van der Waals surface area contributed by atoms with Crippen molar-refractivity contribution < 1.29 is 19.1 Å². The van der Waals surface area contributed by atoms with Gasteiger partial charge in [0, 0.05) is 13.1 Å². The second-order valence-electron chi connectivity index (χ2n) is 5.71. The number of ether oxygens (including phenoxy) is 1. The number of amides is 4. The van der Waals surface area contributed by atoms with Gasteiger partial charge in [-0.05, 0) is 11.1 Å². The molecular formula is C19H22N4O4. The molecule has 0 fully saturated rings. The highest BCUT2D eigenvalue weighted by Crippen LogP contribution is 2.01. The van der Waals surface area contributed by atoms with Gasteiger partial charge in [0.1, 0.15) is 12.6 Å². The number of rotatable bonds is 8. The summed E-state index contributed by atoms with van der Waals surface area (Å²) >= 11 is 0. The number of carbonyl (C=O) groups excluding carboxylic acids is 3. The van der Waals surface area contributed by atoms with Crippen molar-refractivity contribution in [3.05, 3.63) is 71.8 Å². The van der Waals surface area contributed by atoms with Gasteiger partial charge in [-0.25, -0.2) is 9.59 Å². The van der Waals surface area contributed by atoms with Crippen molar-refractivity contribution in [3.63, 3.8) is 0 Å². The fourth-order valence-electron chi connectivity index (χ4n) is 2.23. The Morgan fingerprint density at radius 1 is 0.889 bits per heavy atom. The highest BCUT2D eigenvalue weighted by molar-refractivity contribution is 5.86. The van der Waals surface area contributed by atoms with E-state index in [1.165, 1.54) is 0 Å². The third kappa shape index (κ3) is 7.47. The van der Waals surface area contributed by atoms with E-state index >= 15 is 0 Å². The Hall–Kier alpha value is -3.55. The van der Waals surface area contributed by atoms with Crippen LogP contribution >= 0.6 is 0 Å². The Kier molecular flexibility index (Phi) is 7.65. The van der Waals surface area contributed by atoms with E-state index < -0.39 is 24.1 Å². The summed E-state index contributed by atoms with van der Waals surface area (Å²) in [7, 11) is 0. The monoisotopic (exact) mass is 370 g/mol. The third-order valence-electron chi connectivity index (χ3n) is 3.61. The zero-order chi connectivity index (χ0) is 19.5. The molecule has 0 saturated heterocycles. The van der Waals surface area contributed by atoms with Crippen LogP contribution in [0.1, 0.15) is 11.1 Å². The zero-order valence-corrected chi connectivity index (χ0v) is 14.7. The zero-order valence-electron chi connectivity index (χ0n) is 14.7. The number of nitrogens with two attached hydrogens (primary N) is 1. The Morgan fingerprint density at radius 2 is 1.48 bits per heavy atom. The first-order valence-corrected chi connectivity index (χ1v) is 8.37. The van der Waals surface area contributed by atoms with Crippen molar-refractivity contribution in [2.45, 2.75) is 19.2 Å². The molecule has 0 radical (unpaired) electrons. The van der Waals surface area contributed by atoms with Gasteiger partial charge in [-0.1, -0.05) is 60.7 Å². The molecule has 27 heavy (non-hydrogen) atoms. The Morgan fingerprint density at radius 3 is 2.07 bits per heavy atom. The number of primary amides is 1. The predicted octanol–water partition coefficient (Wildman–Crippen LogP) is 1.27. The van der Waals surface area contributed by atoms with Gasteiger partial charge in [0.25, 0.3) is 0 Å². The van der Waals surface area contributed by atoms with Crippen LogP contribution in [0.2, 0.25) is 0 Å². The van der Waals surface area contributed by atoms with Crippen LogP contribution in [0.25, 0.3) is 0 Å². The molecule has 0 unspecified atom stereocenters. The van der Waals surface area contributed by atoms with Crippen LogP contribution in [0.5, 0.6) is 0 Å². The van der Waals surface area contributed by atoms with Crippen molar-refractivity contribution in [3.8, 4) is 0 Å². The summed E-state index contributed by atoms with van der Waals surface area (Å²) in [5.41, 5.74) is 6.76. The first kappa shape index (κ1) is 19.8. The second kappa shape index (κ2) is 10.4. The van der Waals surface area contributed by atoms with Crippen molar-refractivity contribution in [1.29, 1.82) is 0 Å². The van der Waals surface area contributed by atoms with Crippen molar-refractivity contribution in [2.75, 3.05) is 6.54 Å². The average Bonchev–Trinajstić information content (AvgIpc) is 2.69. The summed E-state index contributed by atoms with van der Waals surface area (Å²) < 4.78 is 5.10. The molecule has 8 heteroatoms. The molecule has 0 aliphatic heterocycles. The lowest BCUT2D eigenvalue weighted by atomic mass is 10.2. The number of hydrogen-bond donors (Lipinski definition) is 4. The number of nitrogens with one attached hydrogen (secondary N) is 3. The standard InChI is InChI=1S/C19H22N4O4/c20-18(25)22-12-16(17(24)21-11-14-7-3-1-4-8-14)23-19(26)27-13-15-9-5-2-6-10-15/h1-10,16H,11-13H2,(H,21,24)(H,23,26)(H3,20,22,25)/t16-/m0/s1. The maximum absolute atomic E-state index is 12.4. The molecule has 0 spiro atoms. The fraction of sp³-hybridized carbons (Fsp3) is 0.211. The van der Waals surface area contributed by atoms with Crippen molar-refractivity contribution in [2.24, 2.45) is 5.73 Å². The van der Waals surface area contributed by atoms with E-state index in [2.05, 4.69) is 16.0 Å². The maximum atomic E-state index is 12.4. The quantitative estimate of drug-likeness (QED) is 0.559. The van der Waals surface area contributed by atoms with E-state index in [4.69, 9.17) is 10.5 Å². The van der Waals surface area contributed by atoms with Crippen LogP contribution in [-0.4, -0.2) is 30.6 Å². The lowest BCUT2D eigenvalue weighted by Crippen LogP contribution is -2.53. The fourth-order valence-corrected chi connectivity index (χ4v) is 2.23. The molecule has 0 aliphatic carbocycles. The summed E-state index contributed by atoms with van der Waals surface area (Å²) in [4.78, 5) is 35.3. The minimum Gasteiger partial charge on any atom is -0.445 e. The van der Waals surface area contributed by atoms with Crippen LogP contribution < -0.4 is 21.7 Å². The van der Waals surface area contributed by atoms with Crippen LogP contribution in [0.15, 0.2) is 60.7 Å². The molecule has 2 aromatic rings. The third-order valence-corrected chi connectivity index (χ3v) is 3.61. The maximum Gasteiger partial charge on any atom is 0.408 e. The molecule has 2 aromatic carbocycles. The minimum atomic E-state index is -1.02. The summed E-state index contributed by atoms with van der Waals surface area (Å²) in [5, 5.41) is 7.45. The van der Waals surface area contributed by atoms with Crippen LogP contribution in [0.3, 0.4) is 0 Å². The average molecular weight is 370 g/mol. The van der Waals surface area contributed by atoms with Gasteiger partial charge < -0.3 is 26.4 Å². The Balaban J connectivity index is 1.88.